The van der Waals surface area contributed by atoms with E-state index in [-0.39, 0.29) is 56.5 Å². The number of benzene rings is 1. The monoisotopic (exact) mass is 468 g/mol. The van der Waals surface area contributed by atoms with Crippen LogP contribution in [0.1, 0.15) is 31.2 Å². The summed E-state index contributed by atoms with van der Waals surface area (Å²) in [4.78, 5) is 43.3. The quantitative estimate of drug-likeness (QED) is 0.546. The second kappa shape index (κ2) is 11.5. The maximum Gasteiger partial charge on any atom is 0.239 e. The topological polar surface area (TPSA) is 119 Å². The Labute approximate surface area is 197 Å². The standard InChI is InChI=1S/C24H28N4O6/c29-22(27-21-5-1-2-10-25-21)8-9-24(31)28(15-23(30)26-13-18-4-3-11-32-18)14-17-6-7-19-20(12-17)34-16-33-19/h1-2,5-7,10,12,18H,3-4,8-9,11,13-16H2,(H,26,30)(H,25,27,29). The minimum absolute atomic E-state index is 0.0113. The molecule has 1 atom stereocenters. The molecule has 2 aliphatic heterocycles. The molecule has 1 aromatic heterocycles. The number of hydrogen-bond acceptors (Lipinski definition) is 7. The van der Waals surface area contributed by atoms with E-state index in [1.165, 1.54) is 4.90 Å². The minimum atomic E-state index is -0.321. The van der Waals surface area contributed by atoms with Crippen LogP contribution >= 0.6 is 0 Å². The van der Waals surface area contributed by atoms with Crippen LogP contribution in [0.2, 0.25) is 0 Å². The van der Waals surface area contributed by atoms with Crippen molar-refractivity contribution >= 4 is 23.5 Å². The van der Waals surface area contributed by atoms with Gasteiger partial charge in [0.15, 0.2) is 11.5 Å². The molecule has 1 aromatic carbocycles. The molecule has 34 heavy (non-hydrogen) atoms. The maximum atomic E-state index is 13.0. The van der Waals surface area contributed by atoms with Gasteiger partial charge in [0.25, 0.3) is 0 Å². The molecule has 180 valence electrons. The molecule has 2 aromatic rings. The Balaban J connectivity index is 1.35. The molecular formula is C24H28N4O6. The van der Waals surface area contributed by atoms with E-state index in [0.29, 0.717) is 30.5 Å². The van der Waals surface area contributed by atoms with Crippen molar-refractivity contribution in [2.45, 2.75) is 38.3 Å². The molecule has 0 spiro atoms. The molecule has 10 nitrogen and oxygen atoms in total. The average molecular weight is 469 g/mol. The lowest BCUT2D eigenvalue weighted by molar-refractivity contribution is -0.137. The second-order valence-electron chi connectivity index (χ2n) is 8.14. The zero-order valence-electron chi connectivity index (χ0n) is 18.8. The lowest BCUT2D eigenvalue weighted by Crippen LogP contribution is -2.42. The predicted octanol–water partition coefficient (Wildman–Crippen LogP) is 1.85. The first-order chi connectivity index (χ1) is 16.6. The highest BCUT2D eigenvalue weighted by Gasteiger charge is 2.22. The van der Waals surface area contributed by atoms with Gasteiger partial charge in [0.1, 0.15) is 5.82 Å². The lowest BCUT2D eigenvalue weighted by Gasteiger charge is -2.23. The van der Waals surface area contributed by atoms with Gasteiger partial charge in [0, 0.05) is 38.7 Å². The Hall–Kier alpha value is -3.66. The van der Waals surface area contributed by atoms with Crippen molar-refractivity contribution in [3.05, 3.63) is 48.2 Å². The number of hydrogen-bond donors (Lipinski definition) is 2. The number of anilines is 1. The van der Waals surface area contributed by atoms with Crippen molar-refractivity contribution in [2.75, 3.05) is 31.8 Å². The number of nitrogens with one attached hydrogen (secondary N) is 2. The Morgan fingerprint density at radius 2 is 1.94 bits per heavy atom. The first-order valence-corrected chi connectivity index (χ1v) is 11.3. The average Bonchev–Trinajstić information content (AvgIpc) is 3.53. The van der Waals surface area contributed by atoms with Crippen LogP contribution in [0.3, 0.4) is 0 Å². The number of aromatic nitrogens is 1. The summed E-state index contributed by atoms with van der Waals surface area (Å²) in [6, 6.07) is 10.6. The third kappa shape index (κ3) is 6.67. The summed E-state index contributed by atoms with van der Waals surface area (Å²) in [5, 5.41) is 5.51. The maximum absolute atomic E-state index is 13.0. The number of amides is 3. The number of fused-ring (bicyclic) bond motifs is 1. The minimum Gasteiger partial charge on any atom is -0.454 e. The molecule has 0 aliphatic carbocycles. The van der Waals surface area contributed by atoms with Crippen molar-refractivity contribution in [2.24, 2.45) is 0 Å². The molecule has 0 bridgehead atoms. The van der Waals surface area contributed by atoms with Gasteiger partial charge < -0.3 is 29.7 Å². The van der Waals surface area contributed by atoms with E-state index < -0.39 is 0 Å². The highest BCUT2D eigenvalue weighted by molar-refractivity contribution is 5.93. The zero-order chi connectivity index (χ0) is 23.8. The number of carbonyl (C=O) groups is 3. The van der Waals surface area contributed by atoms with Crippen LogP contribution < -0.4 is 20.1 Å². The highest BCUT2D eigenvalue weighted by atomic mass is 16.7. The predicted molar refractivity (Wildman–Crippen MR) is 122 cm³/mol. The van der Waals surface area contributed by atoms with Crippen molar-refractivity contribution in [3.8, 4) is 11.5 Å². The molecule has 3 amide bonds. The molecular weight excluding hydrogens is 440 g/mol. The molecule has 4 rings (SSSR count). The summed E-state index contributed by atoms with van der Waals surface area (Å²) in [7, 11) is 0. The summed E-state index contributed by atoms with van der Waals surface area (Å²) in [6.07, 6.45) is 3.41. The highest BCUT2D eigenvalue weighted by Crippen LogP contribution is 2.32. The van der Waals surface area contributed by atoms with E-state index in [9.17, 15) is 14.4 Å². The molecule has 1 unspecified atom stereocenters. The number of pyridine rings is 1. The summed E-state index contributed by atoms with van der Waals surface area (Å²) >= 11 is 0. The smallest absolute Gasteiger partial charge is 0.239 e. The van der Waals surface area contributed by atoms with Gasteiger partial charge in [-0.2, -0.15) is 0 Å². The number of carbonyl (C=O) groups excluding carboxylic acids is 3. The Morgan fingerprint density at radius 1 is 1.06 bits per heavy atom. The van der Waals surface area contributed by atoms with Gasteiger partial charge in [-0.05, 0) is 42.7 Å². The molecule has 1 saturated heterocycles. The van der Waals surface area contributed by atoms with E-state index in [1.807, 2.05) is 6.07 Å². The summed E-state index contributed by atoms with van der Waals surface area (Å²) in [6.45, 7) is 1.35. The number of nitrogens with zero attached hydrogens (tertiary/aromatic N) is 2. The third-order valence-electron chi connectivity index (χ3n) is 5.55. The molecule has 1 fully saturated rings. The van der Waals surface area contributed by atoms with Crippen LogP contribution in [0.25, 0.3) is 0 Å². The molecule has 0 radical (unpaired) electrons. The van der Waals surface area contributed by atoms with Crippen LogP contribution in [0.4, 0.5) is 5.82 Å². The summed E-state index contributed by atoms with van der Waals surface area (Å²) in [5.41, 5.74) is 0.794. The second-order valence-corrected chi connectivity index (χ2v) is 8.14. The Morgan fingerprint density at radius 3 is 2.74 bits per heavy atom. The van der Waals surface area contributed by atoms with E-state index in [2.05, 4.69) is 15.6 Å². The first-order valence-electron chi connectivity index (χ1n) is 11.3. The van der Waals surface area contributed by atoms with Crippen LogP contribution in [0.15, 0.2) is 42.6 Å². The van der Waals surface area contributed by atoms with Crippen molar-refractivity contribution < 1.29 is 28.6 Å². The van der Waals surface area contributed by atoms with Crippen molar-refractivity contribution in [3.63, 3.8) is 0 Å². The van der Waals surface area contributed by atoms with Crippen LogP contribution in [-0.4, -0.2) is 60.2 Å². The van der Waals surface area contributed by atoms with Gasteiger partial charge >= 0.3 is 0 Å². The third-order valence-corrected chi connectivity index (χ3v) is 5.55. The van der Waals surface area contributed by atoms with Crippen LogP contribution in [0, 0.1) is 0 Å². The van der Waals surface area contributed by atoms with Gasteiger partial charge in [0.2, 0.25) is 24.5 Å². The van der Waals surface area contributed by atoms with E-state index in [4.69, 9.17) is 14.2 Å². The van der Waals surface area contributed by atoms with E-state index in [1.54, 1.807) is 36.5 Å². The number of rotatable bonds is 10. The summed E-state index contributed by atoms with van der Waals surface area (Å²) < 4.78 is 16.3. The van der Waals surface area contributed by atoms with Crippen molar-refractivity contribution in [1.29, 1.82) is 0 Å². The molecule has 0 saturated carbocycles. The van der Waals surface area contributed by atoms with Crippen LogP contribution in [-0.2, 0) is 25.7 Å². The van der Waals surface area contributed by atoms with Gasteiger partial charge in [-0.15, -0.1) is 0 Å². The SMILES string of the molecule is O=C(CN(Cc1ccc2c(c1)OCO2)C(=O)CCC(=O)Nc1ccccn1)NCC1CCCO1. The largest absolute Gasteiger partial charge is 0.454 e. The van der Waals surface area contributed by atoms with Crippen LogP contribution in [0.5, 0.6) is 11.5 Å². The van der Waals surface area contributed by atoms with Gasteiger partial charge in [-0.3, -0.25) is 14.4 Å². The Bertz CT molecular complexity index is 1010. The first kappa shape index (κ1) is 23.5. The fraction of sp³-hybridized carbons (Fsp3) is 0.417. The van der Waals surface area contributed by atoms with Gasteiger partial charge in [-0.25, -0.2) is 4.98 Å². The fourth-order valence-electron chi connectivity index (χ4n) is 3.77. The van der Waals surface area contributed by atoms with Crippen molar-refractivity contribution in [1.82, 2.24) is 15.2 Å². The van der Waals surface area contributed by atoms with Gasteiger partial charge in [-0.1, -0.05) is 12.1 Å². The lowest BCUT2D eigenvalue weighted by atomic mass is 10.1. The van der Waals surface area contributed by atoms with E-state index in [0.717, 1.165) is 18.4 Å². The zero-order valence-corrected chi connectivity index (χ0v) is 18.8. The molecule has 2 aliphatic rings. The molecule has 2 N–H and O–H groups in total. The summed E-state index contributed by atoms with van der Waals surface area (Å²) in [5.74, 6) is 0.761. The normalized spacial score (nSPS) is 16.2. The number of ether oxygens (including phenoxy) is 3. The fourth-order valence-corrected chi connectivity index (χ4v) is 3.77. The Kier molecular flexibility index (Phi) is 7.92. The molecule has 10 heteroatoms. The molecule has 3 heterocycles. The van der Waals surface area contributed by atoms with E-state index >= 15 is 0 Å². The van der Waals surface area contributed by atoms with Gasteiger partial charge in [0.05, 0.1) is 12.6 Å².